The quantitative estimate of drug-likeness (QED) is 0.720. The molecule has 1 aromatic heterocycles. The van der Waals surface area contributed by atoms with Crippen LogP contribution in [0.3, 0.4) is 0 Å². The summed E-state index contributed by atoms with van der Waals surface area (Å²) in [6.45, 7) is 2.08. The Bertz CT molecular complexity index is 417. The van der Waals surface area contributed by atoms with Gasteiger partial charge in [-0.05, 0) is 0 Å². The van der Waals surface area contributed by atoms with Crippen LogP contribution in [0.15, 0.2) is 30.3 Å². The Balaban J connectivity index is 2.48. The molecular formula is C11H13N3. The zero-order chi connectivity index (χ0) is 9.97. The van der Waals surface area contributed by atoms with Crippen molar-refractivity contribution in [2.75, 3.05) is 0 Å². The summed E-state index contributed by atoms with van der Waals surface area (Å²) < 4.78 is 2.04. The van der Waals surface area contributed by atoms with Gasteiger partial charge in [-0.1, -0.05) is 37.3 Å². The van der Waals surface area contributed by atoms with E-state index in [-0.39, 0.29) is 0 Å². The molecule has 3 heteroatoms. The number of nitrogens with zero attached hydrogens (tertiary/aromatic N) is 3. The Morgan fingerprint density at radius 1 is 1.14 bits per heavy atom. The second-order valence-electron chi connectivity index (χ2n) is 3.22. The summed E-state index contributed by atoms with van der Waals surface area (Å²) in [6.07, 6.45) is 0.913. The molecule has 0 fully saturated rings. The Hall–Kier alpha value is -1.64. The normalized spacial score (nSPS) is 10.4. The van der Waals surface area contributed by atoms with E-state index >= 15 is 0 Å². The van der Waals surface area contributed by atoms with Crippen molar-refractivity contribution in [3.63, 3.8) is 0 Å². The highest BCUT2D eigenvalue weighted by Crippen LogP contribution is 2.16. The van der Waals surface area contributed by atoms with Gasteiger partial charge in [0.15, 0.2) is 5.82 Å². The fourth-order valence-corrected chi connectivity index (χ4v) is 1.51. The number of aryl methyl sites for hydroxylation is 1. The van der Waals surface area contributed by atoms with Gasteiger partial charge in [0.05, 0.1) is 0 Å². The van der Waals surface area contributed by atoms with Crippen LogP contribution in [-0.2, 0) is 13.5 Å². The third kappa shape index (κ3) is 1.41. The third-order valence-corrected chi connectivity index (χ3v) is 2.31. The maximum Gasteiger partial charge on any atom is 0.163 e. The van der Waals surface area contributed by atoms with Crippen LogP contribution in [0, 0.1) is 0 Å². The minimum absolute atomic E-state index is 0.913. The van der Waals surface area contributed by atoms with Crippen LogP contribution in [0.1, 0.15) is 12.7 Å². The standard InChI is InChI=1S/C11H13N3/c1-3-10-12-13-11(14(10)2)9-7-5-4-6-8-9/h4-8H,3H2,1-2H3. The lowest BCUT2D eigenvalue weighted by Gasteiger charge is -2.01. The zero-order valence-corrected chi connectivity index (χ0v) is 8.44. The van der Waals surface area contributed by atoms with Gasteiger partial charge in [-0.25, -0.2) is 0 Å². The second kappa shape index (κ2) is 3.62. The lowest BCUT2D eigenvalue weighted by atomic mass is 10.2. The van der Waals surface area contributed by atoms with Crippen LogP contribution in [0.2, 0.25) is 0 Å². The van der Waals surface area contributed by atoms with Crippen molar-refractivity contribution < 1.29 is 0 Å². The van der Waals surface area contributed by atoms with Crippen LogP contribution in [0.4, 0.5) is 0 Å². The molecule has 0 N–H and O–H groups in total. The molecule has 1 aromatic carbocycles. The average Bonchev–Trinajstić information content (AvgIpc) is 2.61. The van der Waals surface area contributed by atoms with E-state index in [1.54, 1.807) is 0 Å². The van der Waals surface area contributed by atoms with Gasteiger partial charge in [0.1, 0.15) is 5.82 Å². The minimum atomic E-state index is 0.913. The van der Waals surface area contributed by atoms with E-state index in [2.05, 4.69) is 17.1 Å². The fraction of sp³-hybridized carbons (Fsp3) is 0.273. The lowest BCUT2D eigenvalue weighted by molar-refractivity contribution is 0.812. The van der Waals surface area contributed by atoms with Crippen LogP contribution in [0.5, 0.6) is 0 Å². The van der Waals surface area contributed by atoms with E-state index in [4.69, 9.17) is 0 Å². The highest BCUT2D eigenvalue weighted by atomic mass is 15.3. The fourth-order valence-electron chi connectivity index (χ4n) is 1.51. The smallest absolute Gasteiger partial charge is 0.163 e. The third-order valence-electron chi connectivity index (χ3n) is 2.31. The molecule has 3 nitrogen and oxygen atoms in total. The Labute approximate surface area is 83.4 Å². The molecule has 2 aromatic rings. The van der Waals surface area contributed by atoms with Gasteiger partial charge in [0.2, 0.25) is 0 Å². The van der Waals surface area contributed by atoms with Crippen LogP contribution >= 0.6 is 0 Å². The Kier molecular flexibility index (Phi) is 2.31. The van der Waals surface area contributed by atoms with Gasteiger partial charge in [0, 0.05) is 19.0 Å². The molecule has 0 aliphatic rings. The number of rotatable bonds is 2. The Morgan fingerprint density at radius 2 is 1.86 bits per heavy atom. The van der Waals surface area contributed by atoms with E-state index in [0.717, 1.165) is 23.6 Å². The molecular weight excluding hydrogens is 174 g/mol. The highest BCUT2D eigenvalue weighted by molar-refractivity contribution is 5.54. The first kappa shape index (κ1) is 8.94. The predicted molar refractivity (Wildman–Crippen MR) is 55.8 cm³/mol. The van der Waals surface area contributed by atoms with E-state index in [9.17, 15) is 0 Å². The summed E-state index contributed by atoms with van der Waals surface area (Å²) in [5.41, 5.74) is 1.11. The number of benzene rings is 1. The molecule has 0 atom stereocenters. The van der Waals surface area contributed by atoms with Crippen molar-refractivity contribution in [2.24, 2.45) is 7.05 Å². The molecule has 0 bridgehead atoms. The molecule has 0 aliphatic carbocycles. The van der Waals surface area contributed by atoms with Crippen LogP contribution in [0.25, 0.3) is 11.4 Å². The first-order chi connectivity index (χ1) is 6.83. The topological polar surface area (TPSA) is 30.7 Å². The monoisotopic (exact) mass is 187 g/mol. The number of hydrogen-bond acceptors (Lipinski definition) is 2. The van der Waals surface area contributed by atoms with E-state index < -0.39 is 0 Å². The summed E-state index contributed by atoms with van der Waals surface area (Å²) >= 11 is 0. The molecule has 2 rings (SSSR count). The van der Waals surface area contributed by atoms with Crippen molar-refractivity contribution in [1.29, 1.82) is 0 Å². The largest absolute Gasteiger partial charge is 0.314 e. The number of aromatic nitrogens is 3. The summed E-state index contributed by atoms with van der Waals surface area (Å²) in [5, 5.41) is 8.29. The number of hydrogen-bond donors (Lipinski definition) is 0. The van der Waals surface area contributed by atoms with E-state index in [0.29, 0.717) is 0 Å². The minimum Gasteiger partial charge on any atom is -0.314 e. The van der Waals surface area contributed by atoms with Crippen molar-refractivity contribution in [3.05, 3.63) is 36.2 Å². The summed E-state index contributed by atoms with van der Waals surface area (Å²) in [7, 11) is 2.00. The van der Waals surface area contributed by atoms with Crippen molar-refractivity contribution in [1.82, 2.24) is 14.8 Å². The summed E-state index contributed by atoms with van der Waals surface area (Å²) in [5.74, 6) is 1.95. The molecule has 0 aliphatic heterocycles. The Morgan fingerprint density at radius 3 is 2.43 bits per heavy atom. The maximum atomic E-state index is 4.17. The zero-order valence-electron chi connectivity index (χ0n) is 8.44. The molecule has 14 heavy (non-hydrogen) atoms. The molecule has 0 saturated carbocycles. The van der Waals surface area contributed by atoms with Crippen molar-refractivity contribution >= 4 is 0 Å². The van der Waals surface area contributed by atoms with Gasteiger partial charge in [-0.3, -0.25) is 0 Å². The van der Waals surface area contributed by atoms with E-state index in [1.165, 1.54) is 0 Å². The van der Waals surface area contributed by atoms with Crippen LogP contribution < -0.4 is 0 Å². The van der Waals surface area contributed by atoms with Gasteiger partial charge < -0.3 is 4.57 Å². The van der Waals surface area contributed by atoms with Crippen molar-refractivity contribution in [2.45, 2.75) is 13.3 Å². The maximum absolute atomic E-state index is 4.17. The second-order valence-corrected chi connectivity index (χ2v) is 3.22. The molecule has 0 unspecified atom stereocenters. The van der Waals surface area contributed by atoms with Gasteiger partial charge in [0.25, 0.3) is 0 Å². The molecule has 0 radical (unpaired) electrons. The highest BCUT2D eigenvalue weighted by Gasteiger charge is 2.07. The lowest BCUT2D eigenvalue weighted by Crippen LogP contribution is -1.97. The molecule has 0 spiro atoms. The van der Waals surface area contributed by atoms with Crippen LogP contribution in [-0.4, -0.2) is 14.8 Å². The van der Waals surface area contributed by atoms with Gasteiger partial charge in [-0.2, -0.15) is 0 Å². The first-order valence-electron chi connectivity index (χ1n) is 4.76. The predicted octanol–water partition coefficient (Wildman–Crippen LogP) is 2.04. The molecule has 1 heterocycles. The van der Waals surface area contributed by atoms with Gasteiger partial charge >= 0.3 is 0 Å². The van der Waals surface area contributed by atoms with E-state index in [1.807, 2.05) is 41.9 Å². The summed E-state index contributed by atoms with van der Waals surface area (Å²) in [6, 6.07) is 10.1. The van der Waals surface area contributed by atoms with Crippen molar-refractivity contribution in [3.8, 4) is 11.4 Å². The molecule has 0 saturated heterocycles. The van der Waals surface area contributed by atoms with Gasteiger partial charge in [-0.15, -0.1) is 10.2 Å². The SMILES string of the molecule is CCc1nnc(-c2ccccc2)n1C. The molecule has 72 valence electrons. The summed E-state index contributed by atoms with van der Waals surface area (Å²) in [4.78, 5) is 0. The average molecular weight is 187 g/mol. The molecule has 0 amide bonds. The first-order valence-corrected chi connectivity index (χ1v) is 4.76.